The molecule has 0 amide bonds. The lowest BCUT2D eigenvalue weighted by atomic mass is 10.0. The topological polar surface area (TPSA) is 35.5 Å². The predicted octanol–water partition coefficient (Wildman–Crippen LogP) is 2.13. The van der Waals surface area contributed by atoms with E-state index in [1.807, 2.05) is 0 Å². The zero-order chi connectivity index (χ0) is 10.7. The molecular weight excluding hydrogens is 248 g/mol. The molecule has 82 valence electrons. The summed E-state index contributed by atoms with van der Waals surface area (Å²) in [7, 11) is 1.54. The molecule has 0 bridgehead atoms. The third-order valence-electron chi connectivity index (χ3n) is 2.36. The summed E-state index contributed by atoms with van der Waals surface area (Å²) in [6.45, 7) is 4.30. The Morgan fingerprint density at radius 2 is 2.29 bits per heavy atom. The Morgan fingerprint density at radius 1 is 1.64 bits per heavy atom. The molecular formula is C10H17BrO3. The van der Waals surface area contributed by atoms with Crippen LogP contribution in [0.4, 0.5) is 0 Å². The Hall–Kier alpha value is -0.0900. The van der Waals surface area contributed by atoms with Crippen molar-refractivity contribution < 1.29 is 14.3 Å². The summed E-state index contributed by atoms with van der Waals surface area (Å²) in [4.78, 5) is 11.5. The van der Waals surface area contributed by atoms with Gasteiger partial charge in [0.2, 0.25) is 0 Å². The molecule has 1 aliphatic heterocycles. The van der Waals surface area contributed by atoms with Crippen molar-refractivity contribution in [3.63, 3.8) is 0 Å². The molecule has 4 heteroatoms. The summed E-state index contributed by atoms with van der Waals surface area (Å²) in [5, 5.41) is 0. The molecule has 0 aliphatic carbocycles. The largest absolute Gasteiger partial charge is 0.459 e. The highest BCUT2D eigenvalue weighted by Gasteiger charge is 2.38. The van der Waals surface area contributed by atoms with Crippen molar-refractivity contribution in [3.05, 3.63) is 0 Å². The Morgan fingerprint density at radius 3 is 2.71 bits per heavy atom. The van der Waals surface area contributed by atoms with Gasteiger partial charge in [0.15, 0.2) is 6.10 Å². The Labute approximate surface area is 93.3 Å². The lowest BCUT2D eigenvalue weighted by Crippen LogP contribution is -2.22. The van der Waals surface area contributed by atoms with E-state index in [0.29, 0.717) is 12.3 Å². The first-order valence-corrected chi connectivity index (χ1v) is 5.83. The van der Waals surface area contributed by atoms with Crippen LogP contribution in [0.3, 0.4) is 0 Å². The third kappa shape index (κ3) is 2.95. The summed E-state index contributed by atoms with van der Waals surface area (Å²) >= 11 is 3.56. The summed E-state index contributed by atoms with van der Waals surface area (Å²) in [6.07, 6.45) is 1.27. The minimum Gasteiger partial charge on any atom is -0.459 e. The molecule has 1 rings (SSSR count). The van der Waals surface area contributed by atoms with Gasteiger partial charge in [0.05, 0.1) is 4.83 Å². The number of methoxy groups -OCH3 is 1. The van der Waals surface area contributed by atoms with Crippen LogP contribution in [0.25, 0.3) is 0 Å². The van der Waals surface area contributed by atoms with E-state index < -0.39 is 0 Å². The third-order valence-corrected chi connectivity index (χ3v) is 3.32. The summed E-state index contributed by atoms with van der Waals surface area (Å²) in [5.41, 5.74) is 0. The minimum atomic E-state index is -0.368. The second kappa shape index (κ2) is 5.12. The molecule has 3 nitrogen and oxygen atoms in total. The van der Waals surface area contributed by atoms with Crippen LogP contribution in [0.2, 0.25) is 0 Å². The molecule has 0 N–H and O–H groups in total. The number of rotatable bonds is 4. The average Bonchev–Trinajstić information content (AvgIpc) is 2.45. The van der Waals surface area contributed by atoms with E-state index >= 15 is 0 Å². The van der Waals surface area contributed by atoms with Crippen LogP contribution in [0.15, 0.2) is 0 Å². The number of hydrogen-bond acceptors (Lipinski definition) is 3. The van der Waals surface area contributed by atoms with Crippen molar-refractivity contribution in [1.29, 1.82) is 0 Å². The van der Waals surface area contributed by atoms with Gasteiger partial charge < -0.3 is 9.47 Å². The summed E-state index contributed by atoms with van der Waals surface area (Å²) < 4.78 is 10.2. The zero-order valence-electron chi connectivity index (χ0n) is 8.83. The van der Waals surface area contributed by atoms with Gasteiger partial charge in [-0.05, 0) is 12.3 Å². The van der Waals surface area contributed by atoms with Gasteiger partial charge in [-0.25, -0.2) is 4.79 Å². The van der Waals surface area contributed by atoms with Crippen LogP contribution in [-0.4, -0.2) is 30.1 Å². The Kier molecular flexibility index (Phi) is 4.38. The van der Waals surface area contributed by atoms with Gasteiger partial charge in [0.1, 0.15) is 6.10 Å². The van der Waals surface area contributed by atoms with Gasteiger partial charge >= 0.3 is 5.97 Å². The van der Waals surface area contributed by atoms with E-state index in [-0.39, 0.29) is 23.0 Å². The van der Waals surface area contributed by atoms with E-state index in [1.165, 1.54) is 0 Å². The SMILES string of the molecule is CO[C@H]1C[C@H]([C@@H](Br)CC(C)C)OC1=O. The summed E-state index contributed by atoms with van der Waals surface area (Å²) in [6, 6.07) is 0. The number of carbonyl (C=O) groups excluding carboxylic acids is 1. The second-order valence-corrected chi connectivity index (χ2v) is 5.26. The monoisotopic (exact) mass is 264 g/mol. The second-order valence-electron chi connectivity index (χ2n) is 4.08. The van der Waals surface area contributed by atoms with Crippen LogP contribution in [-0.2, 0) is 14.3 Å². The van der Waals surface area contributed by atoms with Crippen LogP contribution >= 0.6 is 15.9 Å². The van der Waals surface area contributed by atoms with Gasteiger partial charge in [0, 0.05) is 13.5 Å². The number of halogens is 1. The summed E-state index contributed by atoms with van der Waals surface area (Å²) in [5.74, 6) is 0.366. The molecule has 1 saturated heterocycles. The van der Waals surface area contributed by atoms with Crippen molar-refractivity contribution >= 4 is 21.9 Å². The van der Waals surface area contributed by atoms with Gasteiger partial charge in [-0.1, -0.05) is 29.8 Å². The number of cyclic esters (lactones) is 1. The van der Waals surface area contributed by atoms with Crippen LogP contribution in [0, 0.1) is 5.92 Å². The van der Waals surface area contributed by atoms with E-state index in [9.17, 15) is 4.79 Å². The smallest absolute Gasteiger partial charge is 0.335 e. The van der Waals surface area contributed by atoms with Crippen molar-refractivity contribution in [2.24, 2.45) is 5.92 Å². The maximum atomic E-state index is 11.2. The van der Waals surface area contributed by atoms with E-state index in [4.69, 9.17) is 9.47 Å². The fraction of sp³-hybridized carbons (Fsp3) is 0.900. The maximum Gasteiger partial charge on any atom is 0.335 e. The number of carbonyl (C=O) groups is 1. The van der Waals surface area contributed by atoms with Gasteiger partial charge in [-0.3, -0.25) is 0 Å². The number of esters is 1. The highest BCUT2D eigenvalue weighted by molar-refractivity contribution is 9.09. The first kappa shape index (κ1) is 12.0. The maximum absolute atomic E-state index is 11.2. The van der Waals surface area contributed by atoms with E-state index in [0.717, 1.165) is 6.42 Å². The minimum absolute atomic E-state index is 0.0325. The Bertz CT molecular complexity index is 206. The van der Waals surface area contributed by atoms with Crippen LogP contribution < -0.4 is 0 Å². The number of alkyl halides is 1. The van der Waals surface area contributed by atoms with E-state index in [1.54, 1.807) is 7.11 Å². The van der Waals surface area contributed by atoms with Crippen molar-refractivity contribution in [1.82, 2.24) is 0 Å². The standard InChI is InChI=1S/C10H17BrO3/c1-6(2)4-7(11)8-5-9(13-3)10(12)14-8/h6-9H,4-5H2,1-3H3/t7-,8+,9-/m0/s1. The number of hydrogen-bond donors (Lipinski definition) is 0. The van der Waals surface area contributed by atoms with Crippen molar-refractivity contribution in [2.45, 2.75) is 43.7 Å². The van der Waals surface area contributed by atoms with Gasteiger partial charge in [-0.2, -0.15) is 0 Å². The van der Waals surface area contributed by atoms with Gasteiger partial charge in [-0.15, -0.1) is 0 Å². The Balaban J connectivity index is 2.44. The lowest BCUT2D eigenvalue weighted by Gasteiger charge is -2.17. The molecule has 1 fully saturated rings. The fourth-order valence-corrected chi connectivity index (χ4v) is 2.67. The average molecular weight is 265 g/mol. The molecule has 14 heavy (non-hydrogen) atoms. The molecule has 0 radical (unpaired) electrons. The first-order valence-electron chi connectivity index (χ1n) is 4.92. The molecule has 3 atom stereocenters. The zero-order valence-corrected chi connectivity index (χ0v) is 10.4. The lowest BCUT2D eigenvalue weighted by molar-refractivity contribution is -0.148. The molecule has 0 aromatic heterocycles. The van der Waals surface area contributed by atoms with Crippen LogP contribution in [0.1, 0.15) is 26.7 Å². The molecule has 0 aromatic rings. The van der Waals surface area contributed by atoms with E-state index in [2.05, 4.69) is 29.8 Å². The highest BCUT2D eigenvalue weighted by atomic mass is 79.9. The fourth-order valence-electron chi connectivity index (χ4n) is 1.60. The first-order chi connectivity index (χ1) is 6.54. The van der Waals surface area contributed by atoms with Crippen molar-refractivity contribution in [3.8, 4) is 0 Å². The van der Waals surface area contributed by atoms with Gasteiger partial charge in [0.25, 0.3) is 0 Å². The quantitative estimate of drug-likeness (QED) is 0.577. The van der Waals surface area contributed by atoms with Crippen LogP contribution in [0.5, 0.6) is 0 Å². The molecule has 0 saturated carbocycles. The van der Waals surface area contributed by atoms with Crippen molar-refractivity contribution in [2.75, 3.05) is 7.11 Å². The normalized spacial score (nSPS) is 29.4. The highest BCUT2D eigenvalue weighted by Crippen LogP contribution is 2.27. The molecule has 0 spiro atoms. The molecule has 0 aromatic carbocycles. The molecule has 1 heterocycles. The molecule has 0 unspecified atom stereocenters. The molecule has 1 aliphatic rings. The predicted molar refractivity (Wildman–Crippen MR) is 57.5 cm³/mol. The number of ether oxygens (including phenoxy) is 2.